The number of nitriles is 1. The third-order valence-corrected chi connectivity index (χ3v) is 7.90. The van der Waals surface area contributed by atoms with Crippen LogP contribution >= 0.6 is 0 Å². The molecule has 4 aromatic rings. The van der Waals surface area contributed by atoms with Crippen LogP contribution in [0.1, 0.15) is 54.1 Å². The average Bonchev–Trinajstić information content (AvgIpc) is 2.89. The fourth-order valence-electron chi connectivity index (χ4n) is 5.53. The SMILES string of the molecule is Cc1nc(Nc2cc(-c3nc(C[C@@H]4CCNC[C@H]4O)c4c(C5CCC5)cccc4n3)ccn2)ccc1C#N. The molecule has 8 nitrogen and oxygen atoms in total. The van der Waals surface area contributed by atoms with Crippen molar-refractivity contribution in [3.8, 4) is 17.5 Å². The van der Waals surface area contributed by atoms with Gasteiger partial charge in [-0.2, -0.15) is 5.26 Å². The van der Waals surface area contributed by atoms with E-state index in [0.29, 0.717) is 41.2 Å². The summed E-state index contributed by atoms with van der Waals surface area (Å²) in [6, 6.07) is 15.9. The number of aromatic nitrogens is 4. The summed E-state index contributed by atoms with van der Waals surface area (Å²) in [5.41, 5.74) is 5.39. The molecule has 0 radical (unpaired) electrons. The van der Waals surface area contributed by atoms with E-state index >= 15 is 0 Å². The van der Waals surface area contributed by atoms with Crippen LogP contribution in [0, 0.1) is 24.2 Å². The van der Waals surface area contributed by atoms with Gasteiger partial charge in [-0.05, 0) is 86.9 Å². The molecule has 1 aromatic carbocycles. The van der Waals surface area contributed by atoms with E-state index in [4.69, 9.17) is 9.97 Å². The molecule has 1 aliphatic carbocycles. The van der Waals surface area contributed by atoms with Crippen molar-refractivity contribution in [2.75, 3.05) is 18.4 Å². The summed E-state index contributed by atoms with van der Waals surface area (Å²) >= 11 is 0. The van der Waals surface area contributed by atoms with Crippen LogP contribution in [0.15, 0.2) is 48.7 Å². The Morgan fingerprint density at radius 2 is 1.97 bits per heavy atom. The molecular formula is C30H31N7O. The number of aliphatic hydroxyl groups excluding tert-OH is 1. The van der Waals surface area contributed by atoms with Crippen LogP contribution in [0.2, 0.25) is 0 Å². The minimum absolute atomic E-state index is 0.164. The van der Waals surface area contributed by atoms with E-state index in [0.717, 1.165) is 41.5 Å². The largest absolute Gasteiger partial charge is 0.392 e. The van der Waals surface area contributed by atoms with Gasteiger partial charge < -0.3 is 15.7 Å². The van der Waals surface area contributed by atoms with Crippen LogP contribution in [-0.2, 0) is 6.42 Å². The Hall–Kier alpha value is -3.93. The maximum absolute atomic E-state index is 10.7. The Balaban J connectivity index is 1.39. The standard InChI is InChI=1S/C30H31N7O/c1-18-22(16-31)8-9-27(34-18)37-28-15-21(11-13-33-28)30-35-24-7-3-6-23(19-4-2-5-19)29(24)25(36-30)14-20-10-12-32-17-26(20)38/h3,6-9,11,13,15,19-20,26,32,38H,2,4-5,10,12,14,17H2,1H3,(H,33,34,37)/t20-,26+/m0/s1. The lowest BCUT2D eigenvalue weighted by Crippen LogP contribution is -2.41. The third-order valence-electron chi connectivity index (χ3n) is 7.90. The Bertz CT molecular complexity index is 1530. The predicted octanol–water partition coefficient (Wildman–Crippen LogP) is 4.79. The summed E-state index contributed by atoms with van der Waals surface area (Å²) in [6.07, 6.45) is 6.69. The fourth-order valence-corrected chi connectivity index (χ4v) is 5.53. The van der Waals surface area contributed by atoms with E-state index in [9.17, 15) is 10.4 Å². The van der Waals surface area contributed by atoms with Crippen LogP contribution in [0.3, 0.4) is 0 Å². The summed E-state index contributed by atoms with van der Waals surface area (Å²) in [4.78, 5) is 19.1. The maximum Gasteiger partial charge on any atom is 0.160 e. The highest BCUT2D eigenvalue weighted by Crippen LogP contribution is 2.41. The number of pyridine rings is 2. The van der Waals surface area contributed by atoms with Crippen molar-refractivity contribution in [3.63, 3.8) is 0 Å². The van der Waals surface area contributed by atoms with Crippen molar-refractivity contribution in [1.82, 2.24) is 25.3 Å². The average molecular weight is 506 g/mol. The van der Waals surface area contributed by atoms with Gasteiger partial charge in [0.2, 0.25) is 0 Å². The van der Waals surface area contributed by atoms with Crippen molar-refractivity contribution in [3.05, 3.63) is 71.2 Å². The number of anilines is 2. The molecule has 0 amide bonds. The highest BCUT2D eigenvalue weighted by Gasteiger charge is 2.28. The number of aliphatic hydroxyl groups is 1. The lowest BCUT2D eigenvalue weighted by Gasteiger charge is -2.30. The Labute approximate surface area is 222 Å². The lowest BCUT2D eigenvalue weighted by atomic mass is 9.77. The molecule has 0 unspecified atom stereocenters. The topological polar surface area (TPSA) is 120 Å². The molecule has 2 fully saturated rings. The summed E-state index contributed by atoms with van der Waals surface area (Å²) in [5, 5.41) is 27.6. The zero-order chi connectivity index (χ0) is 26.1. The van der Waals surface area contributed by atoms with E-state index in [1.54, 1.807) is 18.3 Å². The minimum atomic E-state index is -0.381. The van der Waals surface area contributed by atoms with Crippen LogP contribution in [0.4, 0.5) is 11.6 Å². The van der Waals surface area contributed by atoms with Gasteiger partial charge in [-0.1, -0.05) is 18.6 Å². The normalized spacial score (nSPS) is 19.6. The van der Waals surface area contributed by atoms with Crippen LogP contribution in [0.25, 0.3) is 22.3 Å². The zero-order valence-electron chi connectivity index (χ0n) is 21.5. The molecule has 2 atom stereocenters. The first-order valence-electron chi connectivity index (χ1n) is 13.4. The number of β-amino-alcohol motifs (C(OH)–C–C–N with tert-alkyl or cyclic N) is 1. The molecule has 0 bridgehead atoms. The van der Waals surface area contributed by atoms with Crippen LogP contribution < -0.4 is 10.6 Å². The third kappa shape index (κ3) is 4.83. The van der Waals surface area contributed by atoms with Gasteiger partial charge in [-0.15, -0.1) is 0 Å². The Kier molecular flexibility index (Phi) is 6.71. The number of nitrogens with zero attached hydrogens (tertiary/aromatic N) is 5. The summed E-state index contributed by atoms with van der Waals surface area (Å²) in [7, 11) is 0. The van der Waals surface area contributed by atoms with Crippen molar-refractivity contribution in [1.29, 1.82) is 5.26 Å². The molecule has 0 spiro atoms. The lowest BCUT2D eigenvalue weighted by molar-refractivity contribution is 0.0817. The quantitative estimate of drug-likeness (QED) is 0.342. The first kappa shape index (κ1) is 24.4. The molecule has 1 aliphatic heterocycles. The fraction of sp³-hybridized carbons (Fsp3) is 0.367. The summed E-state index contributed by atoms with van der Waals surface area (Å²) in [5.74, 6) is 2.62. The van der Waals surface area contributed by atoms with Gasteiger partial charge in [0.15, 0.2) is 5.82 Å². The van der Waals surface area contributed by atoms with E-state index in [-0.39, 0.29) is 12.0 Å². The molecule has 38 heavy (non-hydrogen) atoms. The number of hydrogen-bond donors (Lipinski definition) is 3. The molecule has 3 aromatic heterocycles. The molecule has 3 N–H and O–H groups in total. The highest BCUT2D eigenvalue weighted by atomic mass is 16.3. The van der Waals surface area contributed by atoms with Gasteiger partial charge in [0, 0.05) is 23.7 Å². The number of piperidine rings is 1. The highest BCUT2D eigenvalue weighted by molar-refractivity contribution is 5.87. The second-order valence-electron chi connectivity index (χ2n) is 10.4. The molecule has 4 heterocycles. The van der Waals surface area contributed by atoms with E-state index in [1.807, 2.05) is 19.1 Å². The van der Waals surface area contributed by atoms with Gasteiger partial charge >= 0.3 is 0 Å². The maximum atomic E-state index is 10.7. The zero-order valence-corrected chi connectivity index (χ0v) is 21.5. The van der Waals surface area contributed by atoms with Gasteiger partial charge in [0.1, 0.15) is 17.7 Å². The molecule has 1 saturated heterocycles. The van der Waals surface area contributed by atoms with Crippen LogP contribution in [-0.4, -0.2) is 44.2 Å². The Morgan fingerprint density at radius 3 is 2.74 bits per heavy atom. The van der Waals surface area contributed by atoms with Crippen molar-refractivity contribution in [2.24, 2.45) is 5.92 Å². The van der Waals surface area contributed by atoms with Crippen molar-refractivity contribution >= 4 is 22.5 Å². The molecule has 1 saturated carbocycles. The minimum Gasteiger partial charge on any atom is -0.392 e. The number of benzene rings is 1. The smallest absolute Gasteiger partial charge is 0.160 e. The number of fused-ring (bicyclic) bond motifs is 1. The van der Waals surface area contributed by atoms with Gasteiger partial charge in [0.05, 0.1) is 28.6 Å². The second kappa shape index (κ2) is 10.4. The number of nitrogens with one attached hydrogen (secondary N) is 2. The first-order chi connectivity index (χ1) is 18.6. The van der Waals surface area contributed by atoms with Crippen LogP contribution in [0.5, 0.6) is 0 Å². The summed E-state index contributed by atoms with van der Waals surface area (Å²) in [6.45, 7) is 3.35. The summed E-state index contributed by atoms with van der Waals surface area (Å²) < 4.78 is 0. The first-order valence-corrected chi connectivity index (χ1v) is 13.4. The van der Waals surface area contributed by atoms with E-state index < -0.39 is 0 Å². The van der Waals surface area contributed by atoms with Gasteiger partial charge in [0.25, 0.3) is 0 Å². The molecular weight excluding hydrogens is 474 g/mol. The van der Waals surface area contributed by atoms with Crippen molar-refractivity contribution in [2.45, 2.75) is 51.0 Å². The Morgan fingerprint density at radius 1 is 1.08 bits per heavy atom. The van der Waals surface area contributed by atoms with E-state index in [2.05, 4.69) is 44.9 Å². The molecule has 2 aliphatic rings. The second-order valence-corrected chi connectivity index (χ2v) is 10.4. The van der Waals surface area contributed by atoms with Gasteiger partial charge in [-0.25, -0.2) is 19.9 Å². The van der Waals surface area contributed by atoms with Gasteiger partial charge in [-0.3, -0.25) is 0 Å². The number of rotatable bonds is 6. The van der Waals surface area contributed by atoms with Crippen molar-refractivity contribution < 1.29 is 5.11 Å². The monoisotopic (exact) mass is 505 g/mol. The predicted molar refractivity (Wildman–Crippen MR) is 147 cm³/mol. The number of aryl methyl sites for hydroxylation is 1. The van der Waals surface area contributed by atoms with E-state index in [1.165, 1.54) is 24.8 Å². The molecule has 6 rings (SSSR count). The number of hydrogen-bond acceptors (Lipinski definition) is 8. The molecule has 8 heteroatoms. The molecule has 192 valence electrons.